The normalized spacial score (nSPS) is 33.2. The zero-order chi connectivity index (χ0) is 35.5. The second-order valence-corrected chi connectivity index (χ2v) is 12.5. The Bertz CT molecular complexity index is 1530. The number of carbonyl (C=O) groups excluding carboxylic acids is 4. The molecule has 10 atom stereocenters. The van der Waals surface area contributed by atoms with E-state index in [4.69, 9.17) is 5.11 Å². The Morgan fingerprint density at radius 1 is 1.02 bits per heavy atom. The Balaban J connectivity index is 1.79. The van der Waals surface area contributed by atoms with Crippen molar-refractivity contribution in [3.05, 3.63) is 58.0 Å². The SMILES string of the molecule is CN(C)C1C(=O)C(C(=O)NCN(C)C(C=O)[C@H](O)[C@@H](O)[C@@H](O)CO)=C(O)C2(O)C(O)=C3C(=O)C4C(O)=CC=CC4C(C)(O)C3=C(O)C12. The summed E-state index contributed by atoms with van der Waals surface area (Å²) in [6.07, 6.45) is -1.58. The van der Waals surface area contributed by atoms with Crippen LogP contribution >= 0.6 is 0 Å². The van der Waals surface area contributed by atoms with Gasteiger partial charge in [0.2, 0.25) is 0 Å². The molecule has 0 radical (unpaired) electrons. The van der Waals surface area contributed by atoms with E-state index in [9.17, 15) is 65.1 Å². The van der Waals surface area contributed by atoms with E-state index in [-0.39, 0.29) is 6.29 Å². The van der Waals surface area contributed by atoms with E-state index in [1.807, 2.05) is 0 Å². The lowest BCUT2D eigenvalue weighted by Crippen LogP contribution is -2.64. The Kier molecular flexibility index (Phi) is 9.62. The van der Waals surface area contributed by atoms with E-state index in [1.165, 1.54) is 51.2 Å². The molecule has 0 aromatic rings. The van der Waals surface area contributed by atoms with Crippen LogP contribution in [0.1, 0.15) is 6.92 Å². The number of allylic oxidation sites excluding steroid dienone is 3. The van der Waals surface area contributed by atoms with Crippen molar-refractivity contribution in [2.24, 2.45) is 17.8 Å². The van der Waals surface area contributed by atoms with Gasteiger partial charge in [0.25, 0.3) is 5.91 Å². The van der Waals surface area contributed by atoms with Gasteiger partial charge in [0.05, 0.1) is 48.4 Å². The van der Waals surface area contributed by atoms with Crippen LogP contribution < -0.4 is 5.32 Å². The van der Waals surface area contributed by atoms with E-state index in [0.29, 0.717) is 0 Å². The largest absolute Gasteiger partial charge is 0.512 e. The third kappa shape index (κ3) is 5.28. The van der Waals surface area contributed by atoms with Crippen molar-refractivity contribution >= 4 is 23.8 Å². The van der Waals surface area contributed by atoms with Crippen molar-refractivity contribution in [3.63, 3.8) is 0 Å². The summed E-state index contributed by atoms with van der Waals surface area (Å²) >= 11 is 0. The predicted octanol–water partition coefficient (Wildman–Crippen LogP) is -3.48. The van der Waals surface area contributed by atoms with Gasteiger partial charge < -0.3 is 61.2 Å². The van der Waals surface area contributed by atoms with Crippen LogP contribution in [0.25, 0.3) is 0 Å². The summed E-state index contributed by atoms with van der Waals surface area (Å²) in [5, 5.41) is 110. The molecule has 4 aliphatic carbocycles. The Morgan fingerprint density at radius 3 is 2.19 bits per heavy atom. The molecule has 0 saturated heterocycles. The third-order valence-electron chi connectivity index (χ3n) is 9.43. The molecule has 258 valence electrons. The number of Topliss-reactive ketones (excluding diaryl/α,β-unsaturated/α-hetero) is 2. The molecule has 7 unspecified atom stereocenters. The number of aliphatic hydroxyl groups is 10. The minimum atomic E-state index is -3.18. The highest BCUT2D eigenvalue weighted by Crippen LogP contribution is 2.56. The molecule has 0 aromatic carbocycles. The summed E-state index contributed by atoms with van der Waals surface area (Å²) in [6.45, 7) is -0.381. The van der Waals surface area contributed by atoms with Gasteiger partial charge >= 0.3 is 0 Å². The number of ketones is 2. The summed E-state index contributed by atoms with van der Waals surface area (Å²) in [6, 6.07) is -3.26. The van der Waals surface area contributed by atoms with Crippen molar-refractivity contribution in [2.45, 2.75) is 48.5 Å². The molecule has 1 saturated carbocycles. The highest BCUT2D eigenvalue weighted by atomic mass is 16.4. The molecular formula is C30H39N3O14. The number of nitrogens with one attached hydrogen (secondary N) is 1. The van der Waals surface area contributed by atoms with E-state index >= 15 is 0 Å². The van der Waals surface area contributed by atoms with Crippen LogP contribution in [-0.4, -0.2) is 161 Å². The standard InChI is InChI=1S/C30H39N3O14/c1-29(46)11-6-5-7-13(36)15(11)23(40)16-18(29)25(42)19-20(32(2)3)24(41)17(27(44)30(19,47)26(16)43)28(45)31-10-33(4)12(8-34)21(38)22(39)14(37)9-35/h5-8,11-12,14-15,19-22,35-39,42-44,46-47H,9-10H2,1-4H3,(H,31,45)/t11?,12?,14-,15?,19?,20?,21-,22-,29?,30?/m0/s1. The number of rotatable bonds is 10. The van der Waals surface area contributed by atoms with Gasteiger partial charge in [-0.25, -0.2) is 0 Å². The molecule has 47 heavy (non-hydrogen) atoms. The van der Waals surface area contributed by atoms with Crippen molar-refractivity contribution in [1.82, 2.24) is 15.1 Å². The van der Waals surface area contributed by atoms with Gasteiger partial charge in [0, 0.05) is 11.5 Å². The summed E-state index contributed by atoms with van der Waals surface area (Å²) in [7, 11) is 3.86. The Hall–Kier alpha value is -3.94. The third-order valence-corrected chi connectivity index (χ3v) is 9.43. The average molecular weight is 666 g/mol. The van der Waals surface area contributed by atoms with Gasteiger partial charge in [-0.2, -0.15) is 0 Å². The van der Waals surface area contributed by atoms with Crippen LogP contribution in [0, 0.1) is 17.8 Å². The van der Waals surface area contributed by atoms with Crippen molar-refractivity contribution < 1.29 is 70.2 Å². The highest BCUT2D eigenvalue weighted by Gasteiger charge is 2.67. The average Bonchev–Trinajstić information content (AvgIpc) is 3.01. The van der Waals surface area contributed by atoms with E-state index < -0.39 is 130 Å². The Labute approximate surface area is 268 Å². The summed E-state index contributed by atoms with van der Waals surface area (Å²) in [5.41, 5.74) is -7.81. The van der Waals surface area contributed by atoms with Gasteiger partial charge in [-0.05, 0) is 34.1 Å². The summed E-state index contributed by atoms with van der Waals surface area (Å²) in [4.78, 5) is 54.8. The summed E-state index contributed by atoms with van der Waals surface area (Å²) < 4.78 is 0. The maximum Gasteiger partial charge on any atom is 0.259 e. The van der Waals surface area contributed by atoms with Gasteiger partial charge in [-0.3, -0.25) is 24.2 Å². The number of likely N-dealkylation sites (N-methyl/N-ethyl adjacent to an activating group) is 2. The second kappa shape index (κ2) is 12.6. The van der Waals surface area contributed by atoms with Crippen LogP contribution in [0.4, 0.5) is 0 Å². The fourth-order valence-electron chi connectivity index (χ4n) is 6.86. The maximum absolute atomic E-state index is 13.8. The van der Waals surface area contributed by atoms with Gasteiger partial charge in [0.15, 0.2) is 17.2 Å². The first-order valence-corrected chi connectivity index (χ1v) is 14.5. The molecule has 17 heteroatoms. The quantitative estimate of drug-likeness (QED) is 0.0614. The number of fused-ring (bicyclic) bond motifs is 3. The fourth-order valence-corrected chi connectivity index (χ4v) is 6.86. The number of nitrogens with zero attached hydrogens (tertiary/aromatic N) is 2. The molecule has 0 spiro atoms. The van der Waals surface area contributed by atoms with Crippen LogP contribution in [0.3, 0.4) is 0 Å². The maximum atomic E-state index is 13.8. The zero-order valence-electron chi connectivity index (χ0n) is 25.8. The van der Waals surface area contributed by atoms with Crippen molar-refractivity contribution in [1.29, 1.82) is 0 Å². The second-order valence-electron chi connectivity index (χ2n) is 12.5. The summed E-state index contributed by atoms with van der Waals surface area (Å²) in [5.74, 6) is -12.3. The highest BCUT2D eigenvalue weighted by molar-refractivity contribution is 6.23. The molecule has 0 aromatic heterocycles. The molecule has 0 heterocycles. The smallest absolute Gasteiger partial charge is 0.259 e. The molecule has 1 fully saturated rings. The number of hydrogen-bond acceptors (Lipinski definition) is 16. The molecule has 0 aliphatic heterocycles. The minimum absolute atomic E-state index is 0.177. The van der Waals surface area contributed by atoms with Gasteiger partial charge in [-0.15, -0.1) is 0 Å². The monoisotopic (exact) mass is 665 g/mol. The van der Waals surface area contributed by atoms with Crippen LogP contribution in [0.5, 0.6) is 0 Å². The molecule has 4 aliphatic rings. The lowest BCUT2D eigenvalue weighted by Gasteiger charge is -2.52. The van der Waals surface area contributed by atoms with Gasteiger partial charge in [0.1, 0.15) is 53.2 Å². The van der Waals surface area contributed by atoms with Crippen LogP contribution in [0.15, 0.2) is 58.0 Å². The van der Waals surface area contributed by atoms with E-state index in [2.05, 4.69) is 5.32 Å². The lowest BCUT2D eigenvalue weighted by atomic mass is 9.56. The number of carbonyl (C=O) groups is 4. The molecule has 1 amide bonds. The first kappa shape index (κ1) is 35.9. The van der Waals surface area contributed by atoms with Crippen LogP contribution in [-0.2, 0) is 19.2 Å². The molecule has 0 bridgehead atoms. The number of aldehydes is 1. The fraction of sp³-hybridized carbons (Fsp3) is 0.533. The minimum Gasteiger partial charge on any atom is -0.512 e. The molecule has 4 rings (SSSR count). The number of amides is 1. The van der Waals surface area contributed by atoms with Crippen molar-refractivity contribution in [3.8, 4) is 0 Å². The molecular weight excluding hydrogens is 626 g/mol. The Morgan fingerprint density at radius 2 is 1.64 bits per heavy atom. The number of hydrogen-bond donors (Lipinski definition) is 11. The first-order valence-electron chi connectivity index (χ1n) is 14.5. The lowest BCUT2D eigenvalue weighted by molar-refractivity contribution is -0.137. The van der Waals surface area contributed by atoms with E-state index in [1.54, 1.807) is 0 Å². The van der Waals surface area contributed by atoms with Crippen molar-refractivity contribution in [2.75, 3.05) is 34.4 Å². The predicted molar refractivity (Wildman–Crippen MR) is 158 cm³/mol. The van der Waals surface area contributed by atoms with Crippen LogP contribution in [0.2, 0.25) is 0 Å². The number of aliphatic hydroxyl groups excluding tert-OH is 8. The molecule has 11 N–H and O–H groups in total. The van der Waals surface area contributed by atoms with E-state index in [0.717, 1.165) is 4.90 Å². The first-order chi connectivity index (χ1) is 21.8. The zero-order valence-corrected chi connectivity index (χ0v) is 25.8. The topological polar surface area (TPSA) is 289 Å². The van der Waals surface area contributed by atoms with Gasteiger partial charge in [-0.1, -0.05) is 12.2 Å². The molecule has 17 nitrogen and oxygen atoms in total.